The number of carbonyl (C=O) groups excluding carboxylic acids is 1. The number of carboxylic acid groups (broad SMARTS) is 1. The summed E-state index contributed by atoms with van der Waals surface area (Å²) in [5, 5.41) is 9.07. The van der Waals surface area contributed by atoms with Crippen LogP contribution in [0.15, 0.2) is 30.3 Å². The molecule has 0 unspecified atom stereocenters. The Morgan fingerprint density at radius 1 is 1.13 bits per heavy atom. The number of carbonyl (C=O) groups is 2. The van der Waals surface area contributed by atoms with Crippen molar-refractivity contribution in [1.29, 1.82) is 0 Å². The predicted octanol–water partition coefficient (Wildman–Crippen LogP) is 1.73. The van der Waals surface area contributed by atoms with Crippen molar-refractivity contribution in [2.24, 2.45) is 0 Å². The Kier molecular flexibility index (Phi) is 2.28. The Morgan fingerprint density at radius 2 is 1.73 bits per heavy atom. The van der Waals surface area contributed by atoms with Gasteiger partial charge in [0.15, 0.2) is 0 Å². The van der Waals surface area contributed by atoms with Gasteiger partial charge in [-0.2, -0.15) is 9.28 Å². The number of imide groups is 1. The maximum absolute atomic E-state index is 12.0. The van der Waals surface area contributed by atoms with Crippen LogP contribution in [-0.2, 0) is 0 Å². The van der Waals surface area contributed by atoms with Crippen LogP contribution in [0, 0.1) is 0 Å². The van der Waals surface area contributed by atoms with Gasteiger partial charge in [-0.15, -0.1) is 0 Å². The molecule has 1 aliphatic rings. The quantitative estimate of drug-likeness (QED) is 0.712. The van der Waals surface area contributed by atoms with Crippen LogP contribution in [0.5, 0.6) is 0 Å². The van der Waals surface area contributed by atoms with E-state index in [2.05, 4.69) is 0 Å². The molecule has 1 heterocycles. The lowest BCUT2D eigenvalue weighted by molar-refractivity contribution is -0.817. The summed E-state index contributed by atoms with van der Waals surface area (Å²) in [6.45, 7) is 0.812. The van der Waals surface area contributed by atoms with Crippen LogP contribution in [0.3, 0.4) is 0 Å². The lowest BCUT2D eigenvalue weighted by Crippen LogP contribution is -2.64. The summed E-state index contributed by atoms with van der Waals surface area (Å²) in [6, 6.07) is 8.60. The largest absolute Gasteiger partial charge is 0.521 e. The molecule has 1 fully saturated rings. The van der Waals surface area contributed by atoms with Crippen molar-refractivity contribution in [1.82, 2.24) is 0 Å². The predicted molar refractivity (Wildman–Crippen MR) is 53.4 cm³/mol. The van der Waals surface area contributed by atoms with Crippen LogP contribution >= 0.6 is 0 Å². The van der Waals surface area contributed by atoms with E-state index in [0.29, 0.717) is 18.7 Å². The first kappa shape index (κ1) is 9.86. The van der Waals surface area contributed by atoms with Crippen LogP contribution in [0.1, 0.15) is 16.8 Å². The molecule has 2 rings (SSSR count). The SMILES string of the molecule is O=C(O)[N+]1(C(=O)c2ccccc2)CCC1. The Labute approximate surface area is 87.3 Å². The Hall–Kier alpha value is -1.68. The first-order chi connectivity index (χ1) is 7.17. The molecule has 4 nitrogen and oxygen atoms in total. The van der Waals surface area contributed by atoms with E-state index >= 15 is 0 Å². The molecule has 1 saturated heterocycles. The molecule has 15 heavy (non-hydrogen) atoms. The minimum absolute atomic E-state index is 0.311. The molecule has 1 N–H and O–H groups in total. The highest BCUT2D eigenvalue weighted by Crippen LogP contribution is 2.24. The number of nitrogens with zero attached hydrogens (tertiary/aromatic N) is 1. The van der Waals surface area contributed by atoms with Crippen molar-refractivity contribution in [2.45, 2.75) is 6.42 Å². The minimum atomic E-state index is -1.05. The van der Waals surface area contributed by atoms with Gasteiger partial charge in [-0.3, -0.25) is 0 Å². The summed E-state index contributed by atoms with van der Waals surface area (Å²) >= 11 is 0. The topological polar surface area (TPSA) is 54.4 Å². The van der Waals surface area contributed by atoms with Crippen molar-refractivity contribution in [3.05, 3.63) is 35.9 Å². The molecule has 78 valence electrons. The van der Waals surface area contributed by atoms with E-state index in [1.54, 1.807) is 30.3 Å². The maximum Gasteiger partial charge on any atom is 0.521 e. The summed E-state index contributed by atoms with van der Waals surface area (Å²) in [4.78, 5) is 23.1. The molecular formula is C11H12NO3+. The Balaban J connectivity index is 2.32. The zero-order valence-corrected chi connectivity index (χ0v) is 8.22. The monoisotopic (exact) mass is 206 g/mol. The second-order valence-electron chi connectivity index (χ2n) is 3.72. The van der Waals surface area contributed by atoms with Gasteiger partial charge in [0.25, 0.3) is 0 Å². The Bertz CT molecular complexity index is 396. The Morgan fingerprint density at radius 3 is 2.13 bits per heavy atom. The number of quaternary nitrogens is 1. The number of benzene rings is 1. The highest BCUT2D eigenvalue weighted by Gasteiger charge is 2.51. The van der Waals surface area contributed by atoms with Gasteiger partial charge in [0.1, 0.15) is 13.1 Å². The first-order valence-corrected chi connectivity index (χ1v) is 4.87. The third kappa shape index (κ3) is 1.43. The highest BCUT2D eigenvalue weighted by atomic mass is 16.4. The van der Waals surface area contributed by atoms with Crippen LogP contribution in [0.2, 0.25) is 0 Å². The average Bonchev–Trinajstić information content (AvgIpc) is 2.16. The minimum Gasteiger partial charge on any atom is -0.435 e. The molecule has 1 aromatic carbocycles. The van der Waals surface area contributed by atoms with Crippen LogP contribution in [0.25, 0.3) is 0 Å². The normalized spacial score (nSPS) is 17.9. The van der Waals surface area contributed by atoms with Crippen molar-refractivity contribution in [3.63, 3.8) is 0 Å². The van der Waals surface area contributed by atoms with Gasteiger partial charge in [-0.05, 0) is 12.1 Å². The molecule has 0 radical (unpaired) electrons. The molecule has 0 aliphatic carbocycles. The number of hydrogen-bond donors (Lipinski definition) is 1. The molecule has 0 spiro atoms. The fraction of sp³-hybridized carbons (Fsp3) is 0.273. The number of likely N-dealkylation sites (tertiary alicyclic amines) is 1. The lowest BCUT2D eigenvalue weighted by atomic mass is 10.1. The van der Waals surface area contributed by atoms with Gasteiger partial charge in [0, 0.05) is 6.42 Å². The number of hydrogen-bond acceptors (Lipinski definition) is 2. The smallest absolute Gasteiger partial charge is 0.435 e. The van der Waals surface area contributed by atoms with Crippen LogP contribution < -0.4 is 0 Å². The van der Waals surface area contributed by atoms with Gasteiger partial charge in [-0.1, -0.05) is 18.2 Å². The summed E-state index contributed by atoms with van der Waals surface area (Å²) in [5.41, 5.74) is 0.472. The van der Waals surface area contributed by atoms with E-state index < -0.39 is 10.6 Å². The van der Waals surface area contributed by atoms with E-state index in [0.717, 1.165) is 6.42 Å². The zero-order chi connectivity index (χ0) is 10.9. The average molecular weight is 206 g/mol. The zero-order valence-electron chi connectivity index (χ0n) is 8.22. The highest BCUT2D eigenvalue weighted by molar-refractivity contribution is 5.94. The van der Waals surface area contributed by atoms with Crippen LogP contribution in [-0.4, -0.2) is 34.7 Å². The summed E-state index contributed by atoms with van der Waals surface area (Å²) < 4.78 is -0.440. The van der Waals surface area contributed by atoms with Crippen molar-refractivity contribution in [2.75, 3.05) is 13.1 Å². The third-order valence-corrected chi connectivity index (χ3v) is 2.86. The second-order valence-corrected chi connectivity index (χ2v) is 3.72. The van der Waals surface area contributed by atoms with E-state index in [1.807, 2.05) is 0 Å². The van der Waals surface area contributed by atoms with Gasteiger partial charge < -0.3 is 5.11 Å². The number of rotatable bonds is 1. The van der Waals surface area contributed by atoms with E-state index in [-0.39, 0.29) is 5.91 Å². The fourth-order valence-corrected chi connectivity index (χ4v) is 1.78. The molecule has 1 aliphatic heterocycles. The summed E-state index contributed by atoms with van der Waals surface area (Å²) in [6.07, 6.45) is -0.250. The molecule has 2 amide bonds. The van der Waals surface area contributed by atoms with E-state index in [1.165, 1.54) is 0 Å². The molecular weight excluding hydrogens is 194 g/mol. The third-order valence-electron chi connectivity index (χ3n) is 2.86. The van der Waals surface area contributed by atoms with Gasteiger partial charge in [0.05, 0.1) is 5.56 Å². The summed E-state index contributed by atoms with van der Waals surface area (Å²) in [7, 11) is 0. The standard InChI is InChI=1S/C11H11NO3/c13-10(9-5-2-1-3-6-9)12(11(14)15)7-4-8-12/h1-3,5-6H,4,7-8H2/p+1. The molecule has 0 atom stereocenters. The molecule has 0 bridgehead atoms. The maximum atomic E-state index is 12.0. The summed E-state index contributed by atoms with van der Waals surface area (Å²) in [5.74, 6) is -0.311. The first-order valence-electron chi connectivity index (χ1n) is 4.87. The van der Waals surface area contributed by atoms with Crippen LogP contribution in [0.4, 0.5) is 4.79 Å². The van der Waals surface area contributed by atoms with E-state index in [4.69, 9.17) is 5.11 Å². The second kappa shape index (κ2) is 3.47. The molecule has 0 saturated carbocycles. The van der Waals surface area contributed by atoms with Gasteiger partial charge in [-0.25, -0.2) is 4.79 Å². The van der Waals surface area contributed by atoms with Gasteiger partial charge in [0.2, 0.25) is 0 Å². The van der Waals surface area contributed by atoms with Crippen molar-refractivity contribution < 1.29 is 19.2 Å². The molecule has 0 aromatic heterocycles. The molecule has 4 heteroatoms. The molecule has 1 aromatic rings. The number of amides is 2. The van der Waals surface area contributed by atoms with E-state index in [9.17, 15) is 9.59 Å². The van der Waals surface area contributed by atoms with Crippen molar-refractivity contribution >= 4 is 12.0 Å². The van der Waals surface area contributed by atoms with Crippen molar-refractivity contribution in [3.8, 4) is 0 Å². The fourth-order valence-electron chi connectivity index (χ4n) is 1.78. The van der Waals surface area contributed by atoms with Gasteiger partial charge >= 0.3 is 12.0 Å². The lowest BCUT2D eigenvalue weighted by Gasteiger charge is -2.36.